The molecule has 0 aliphatic heterocycles. The van der Waals surface area contributed by atoms with Gasteiger partial charge in [-0.25, -0.2) is 0 Å². The Morgan fingerprint density at radius 2 is 2.12 bits per heavy atom. The van der Waals surface area contributed by atoms with E-state index >= 15 is 0 Å². The van der Waals surface area contributed by atoms with Crippen LogP contribution in [0.5, 0.6) is 5.75 Å². The van der Waals surface area contributed by atoms with E-state index in [1.165, 1.54) is 18.4 Å². The third kappa shape index (κ3) is 1.80. The minimum atomic E-state index is 0.0346. The number of methoxy groups -OCH3 is 1. The molecule has 2 N–H and O–H groups in total. The molecule has 1 unspecified atom stereocenters. The number of fused-ring (bicyclic) bond motifs is 1. The number of hydrogen-bond acceptors (Lipinski definition) is 3. The van der Waals surface area contributed by atoms with Crippen LogP contribution < -0.4 is 10.5 Å². The molecule has 0 bridgehead atoms. The van der Waals surface area contributed by atoms with Crippen LogP contribution >= 0.6 is 0 Å². The van der Waals surface area contributed by atoms with E-state index in [0.717, 1.165) is 22.5 Å². The lowest BCUT2D eigenvalue weighted by Gasteiger charge is -2.05. The van der Waals surface area contributed by atoms with Crippen LogP contribution in [0.25, 0.3) is 11.0 Å². The Labute approximate surface area is 101 Å². The summed E-state index contributed by atoms with van der Waals surface area (Å²) >= 11 is 0. The SMILES string of the molecule is COc1cc(C)cc2cc(C(N)C3CC3)oc12. The minimum Gasteiger partial charge on any atom is -0.493 e. The monoisotopic (exact) mass is 231 g/mol. The van der Waals surface area contributed by atoms with E-state index in [1.807, 2.05) is 12.1 Å². The van der Waals surface area contributed by atoms with Crippen LogP contribution in [-0.4, -0.2) is 7.11 Å². The van der Waals surface area contributed by atoms with Crippen molar-refractivity contribution in [1.82, 2.24) is 0 Å². The molecular weight excluding hydrogens is 214 g/mol. The van der Waals surface area contributed by atoms with Gasteiger partial charge in [0, 0.05) is 5.39 Å². The molecule has 0 saturated heterocycles. The summed E-state index contributed by atoms with van der Waals surface area (Å²) in [6.45, 7) is 2.05. The Hall–Kier alpha value is -1.48. The van der Waals surface area contributed by atoms with Crippen molar-refractivity contribution in [2.45, 2.75) is 25.8 Å². The predicted molar refractivity (Wildman–Crippen MR) is 67.2 cm³/mol. The molecule has 3 heteroatoms. The Bertz CT molecular complexity index is 555. The fourth-order valence-corrected chi connectivity index (χ4v) is 2.29. The summed E-state index contributed by atoms with van der Waals surface area (Å²) in [4.78, 5) is 0. The van der Waals surface area contributed by atoms with Gasteiger partial charge in [0.2, 0.25) is 0 Å². The fraction of sp³-hybridized carbons (Fsp3) is 0.429. The zero-order valence-electron chi connectivity index (χ0n) is 10.2. The summed E-state index contributed by atoms with van der Waals surface area (Å²) in [5, 5.41) is 1.08. The average Bonchev–Trinajstić information content (AvgIpc) is 3.07. The molecule has 17 heavy (non-hydrogen) atoms. The molecule has 1 saturated carbocycles. The first kappa shape index (κ1) is 10.7. The second-order valence-corrected chi connectivity index (χ2v) is 4.90. The zero-order valence-corrected chi connectivity index (χ0v) is 10.2. The predicted octanol–water partition coefficient (Wildman–Crippen LogP) is 3.16. The maximum atomic E-state index is 6.16. The van der Waals surface area contributed by atoms with E-state index in [9.17, 15) is 0 Å². The van der Waals surface area contributed by atoms with Gasteiger partial charge < -0.3 is 14.9 Å². The van der Waals surface area contributed by atoms with Crippen molar-refractivity contribution in [1.29, 1.82) is 0 Å². The first-order valence-electron chi connectivity index (χ1n) is 6.02. The van der Waals surface area contributed by atoms with Gasteiger partial charge in [-0.3, -0.25) is 0 Å². The van der Waals surface area contributed by atoms with Gasteiger partial charge in [-0.2, -0.15) is 0 Å². The Kier molecular flexibility index (Phi) is 2.37. The molecule has 0 amide bonds. The second kappa shape index (κ2) is 3.77. The molecule has 1 aliphatic carbocycles. The number of rotatable bonds is 3. The van der Waals surface area contributed by atoms with Crippen LogP contribution in [0, 0.1) is 12.8 Å². The van der Waals surface area contributed by atoms with Crippen molar-refractivity contribution in [2.24, 2.45) is 11.7 Å². The van der Waals surface area contributed by atoms with Gasteiger partial charge in [0.25, 0.3) is 0 Å². The number of ether oxygens (including phenoxy) is 1. The van der Waals surface area contributed by atoms with Crippen LogP contribution in [0.15, 0.2) is 22.6 Å². The van der Waals surface area contributed by atoms with Gasteiger partial charge in [-0.1, -0.05) is 0 Å². The standard InChI is InChI=1S/C14H17NO2/c1-8-5-10-7-11(13(15)9-3-4-9)17-14(10)12(6-8)16-2/h5-7,9,13H,3-4,15H2,1-2H3. The maximum absolute atomic E-state index is 6.16. The molecule has 1 heterocycles. The summed E-state index contributed by atoms with van der Waals surface area (Å²) in [6.07, 6.45) is 2.43. The molecular formula is C14H17NO2. The molecule has 1 aliphatic rings. The first-order valence-corrected chi connectivity index (χ1v) is 6.02. The topological polar surface area (TPSA) is 48.4 Å². The van der Waals surface area contributed by atoms with Crippen molar-refractivity contribution >= 4 is 11.0 Å². The third-order valence-corrected chi connectivity index (χ3v) is 3.42. The molecule has 90 valence electrons. The zero-order chi connectivity index (χ0) is 12.0. The summed E-state index contributed by atoms with van der Waals surface area (Å²) in [6, 6.07) is 6.17. The Morgan fingerprint density at radius 1 is 1.35 bits per heavy atom. The van der Waals surface area contributed by atoms with Gasteiger partial charge in [-0.05, 0) is 49.4 Å². The largest absolute Gasteiger partial charge is 0.493 e. The number of hydrogen-bond donors (Lipinski definition) is 1. The quantitative estimate of drug-likeness (QED) is 0.882. The molecule has 1 aromatic carbocycles. The highest BCUT2D eigenvalue weighted by Crippen LogP contribution is 2.42. The minimum absolute atomic E-state index is 0.0346. The molecule has 0 radical (unpaired) electrons. The highest BCUT2D eigenvalue weighted by molar-refractivity contribution is 5.84. The molecule has 1 fully saturated rings. The summed E-state index contributed by atoms with van der Waals surface area (Å²) in [7, 11) is 1.66. The lowest BCUT2D eigenvalue weighted by Crippen LogP contribution is -2.10. The van der Waals surface area contributed by atoms with Crippen molar-refractivity contribution in [3.63, 3.8) is 0 Å². The van der Waals surface area contributed by atoms with Crippen LogP contribution in [0.2, 0.25) is 0 Å². The number of nitrogens with two attached hydrogens (primary N) is 1. The van der Waals surface area contributed by atoms with Crippen LogP contribution in [-0.2, 0) is 0 Å². The lowest BCUT2D eigenvalue weighted by atomic mass is 10.1. The van der Waals surface area contributed by atoms with Gasteiger partial charge in [0.1, 0.15) is 5.76 Å². The van der Waals surface area contributed by atoms with Crippen molar-refractivity contribution in [3.8, 4) is 5.75 Å². The molecule has 0 spiro atoms. The highest BCUT2D eigenvalue weighted by atomic mass is 16.5. The molecule has 2 aromatic rings. The Balaban J connectivity index is 2.10. The van der Waals surface area contributed by atoms with Gasteiger partial charge in [0.05, 0.1) is 13.2 Å². The van der Waals surface area contributed by atoms with E-state index < -0.39 is 0 Å². The van der Waals surface area contributed by atoms with Crippen molar-refractivity contribution < 1.29 is 9.15 Å². The average molecular weight is 231 g/mol. The number of aryl methyl sites for hydroxylation is 1. The summed E-state index contributed by atoms with van der Waals surface area (Å²) in [5.74, 6) is 2.27. The van der Waals surface area contributed by atoms with E-state index in [4.69, 9.17) is 14.9 Å². The first-order chi connectivity index (χ1) is 8.19. The third-order valence-electron chi connectivity index (χ3n) is 3.42. The molecule has 1 atom stereocenters. The molecule has 3 nitrogen and oxygen atoms in total. The summed E-state index contributed by atoms with van der Waals surface area (Å²) in [5.41, 5.74) is 8.14. The van der Waals surface area contributed by atoms with Crippen LogP contribution in [0.3, 0.4) is 0 Å². The molecule has 3 rings (SSSR count). The van der Waals surface area contributed by atoms with E-state index in [0.29, 0.717) is 5.92 Å². The highest BCUT2D eigenvalue weighted by Gasteiger charge is 2.31. The maximum Gasteiger partial charge on any atom is 0.176 e. The van der Waals surface area contributed by atoms with E-state index in [-0.39, 0.29) is 6.04 Å². The number of furan rings is 1. The molecule has 1 aromatic heterocycles. The fourth-order valence-electron chi connectivity index (χ4n) is 2.29. The van der Waals surface area contributed by atoms with Gasteiger partial charge in [0.15, 0.2) is 11.3 Å². The van der Waals surface area contributed by atoms with Crippen LogP contribution in [0.1, 0.15) is 30.2 Å². The van der Waals surface area contributed by atoms with E-state index in [2.05, 4.69) is 13.0 Å². The van der Waals surface area contributed by atoms with Gasteiger partial charge in [-0.15, -0.1) is 0 Å². The van der Waals surface area contributed by atoms with Crippen molar-refractivity contribution in [2.75, 3.05) is 7.11 Å². The Morgan fingerprint density at radius 3 is 2.76 bits per heavy atom. The second-order valence-electron chi connectivity index (χ2n) is 4.90. The van der Waals surface area contributed by atoms with Crippen molar-refractivity contribution in [3.05, 3.63) is 29.5 Å². The van der Waals surface area contributed by atoms with Crippen LogP contribution in [0.4, 0.5) is 0 Å². The summed E-state index contributed by atoms with van der Waals surface area (Å²) < 4.78 is 11.2. The lowest BCUT2D eigenvalue weighted by molar-refractivity contribution is 0.401. The normalized spacial score (nSPS) is 17.4. The number of benzene rings is 1. The van der Waals surface area contributed by atoms with Gasteiger partial charge >= 0.3 is 0 Å². The smallest absolute Gasteiger partial charge is 0.176 e. The van der Waals surface area contributed by atoms with E-state index in [1.54, 1.807) is 7.11 Å².